The maximum absolute atomic E-state index is 14.5. The van der Waals surface area contributed by atoms with E-state index < -0.39 is 65.7 Å². The third-order valence-corrected chi connectivity index (χ3v) is 15.3. The van der Waals surface area contributed by atoms with E-state index in [-0.39, 0.29) is 86.0 Å². The highest BCUT2D eigenvalue weighted by atomic mass is 16.6. The van der Waals surface area contributed by atoms with Crippen molar-refractivity contribution < 1.29 is 62.6 Å². The van der Waals surface area contributed by atoms with Crippen LogP contribution in [0.3, 0.4) is 0 Å². The van der Waals surface area contributed by atoms with Gasteiger partial charge in [0.2, 0.25) is 5.79 Å². The van der Waals surface area contributed by atoms with E-state index in [0.29, 0.717) is 51.4 Å². The lowest BCUT2D eigenvalue weighted by Gasteiger charge is -2.42. The molecule has 3 aliphatic heterocycles. The third-order valence-electron chi connectivity index (χ3n) is 15.3. The highest BCUT2D eigenvalue weighted by molar-refractivity contribution is 6.39. The van der Waals surface area contributed by atoms with Gasteiger partial charge in [-0.3, -0.25) is 19.2 Å². The Labute approximate surface area is 406 Å². The van der Waals surface area contributed by atoms with Gasteiger partial charge in [0.05, 0.1) is 37.6 Å². The second-order valence-corrected chi connectivity index (χ2v) is 20.5. The molecule has 4 rings (SSSR count). The number of aliphatic hydroxyl groups excluding tert-OH is 1. The van der Waals surface area contributed by atoms with Crippen molar-refractivity contribution in [1.82, 2.24) is 4.90 Å². The van der Waals surface area contributed by atoms with Crippen molar-refractivity contribution in [1.29, 1.82) is 0 Å². The van der Waals surface area contributed by atoms with Crippen LogP contribution in [0.5, 0.6) is 0 Å². The minimum absolute atomic E-state index is 0.00654. The molecule has 1 aliphatic carbocycles. The number of fused-ring (bicyclic) bond motifs is 3. The van der Waals surface area contributed by atoms with Gasteiger partial charge < -0.3 is 43.5 Å². The van der Waals surface area contributed by atoms with Gasteiger partial charge in [-0.05, 0) is 101 Å². The Morgan fingerprint density at radius 1 is 0.838 bits per heavy atom. The fourth-order valence-electron chi connectivity index (χ4n) is 10.7. The van der Waals surface area contributed by atoms with Crippen LogP contribution >= 0.6 is 0 Å². The molecule has 0 aromatic carbocycles. The first kappa shape index (κ1) is 57.2. The summed E-state index contributed by atoms with van der Waals surface area (Å²) in [5.41, 5.74) is 1.73. The Bertz CT molecular complexity index is 1810. The number of nitrogens with zero attached hydrogens (tertiary/aromatic N) is 1. The van der Waals surface area contributed by atoms with Crippen molar-refractivity contribution >= 4 is 29.2 Å². The van der Waals surface area contributed by atoms with Gasteiger partial charge in [0.25, 0.3) is 11.7 Å². The van der Waals surface area contributed by atoms with Crippen LogP contribution in [0.25, 0.3) is 0 Å². The standard InChI is InChI=1S/C54H85NO13/c1-33-17-13-12-14-18-34(2)46(63-9)31-42-22-20-39(7)54(62,68-42)51(59)52(60)55-24-16-15-19-43(55)53(61)67-47(37(5)29-41-21-23-45(66-26-25-56)48(30-41)64-10)32-44(57)36(4)28-35(3)40(8)50(65-11)49(58)38(6)27-33/h12-14,17-18,28,33,36-43,45-48,50,56,62H,15-16,19-27,29-32H2,1-11H3/b14-12+,17-13+,34-18+,35-28+/t33-,36-,37-,38-,39-,40-,41+,42+,43+,45-,46+,47+,48-,50-,54-/m1/s1. The maximum Gasteiger partial charge on any atom is 0.329 e. The van der Waals surface area contributed by atoms with Crippen molar-refractivity contribution in [2.24, 2.45) is 41.4 Å². The highest BCUT2D eigenvalue weighted by Crippen LogP contribution is 2.38. The molecule has 68 heavy (non-hydrogen) atoms. The van der Waals surface area contributed by atoms with Crippen molar-refractivity contribution in [3.8, 4) is 0 Å². The minimum Gasteiger partial charge on any atom is -0.460 e. The van der Waals surface area contributed by atoms with E-state index in [0.717, 1.165) is 24.0 Å². The van der Waals surface area contributed by atoms with Crippen molar-refractivity contribution in [2.75, 3.05) is 41.1 Å². The molecular formula is C54H85NO13. The summed E-state index contributed by atoms with van der Waals surface area (Å²) in [7, 11) is 4.78. The second-order valence-electron chi connectivity index (χ2n) is 20.5. The van der Waals surface area contributed by atoms with E-state index in [1.807, 2.05) is 65.0 Å². The molecule has 14 nitrogen and oxygen atoms in total. The number of rotatable bonds is 9. The summed E-state index contributed by atoms with van der Waals surface area (Å²) in [5, 5.41) is 21.3. The van der Waals surface area contributed by atoms with Gasteiger partial charge in [-0.1, -0.05) is 83.6 Å². The number of hydrogen-bond acceptors (Lipinski definition) is 13. The average molecular weight is 956 g/mol. The maximum atomic E-state index is 14.5. The van der Waals surface area contributed by atoms with E-state index in [1.165, 1.54) is 12.0 Å². The number of amides is 1. The lowest BCUT2D eigenvalue weighted by Crippen LogP contribution is -2.61. The molecule has 1 saturated carbocycles. The number of Topliss-reactive ketones (excluding diaryl/α,β-unsaturated/α-hetero) is 3. The molecule has 4 aliphatic rings. The zero-order valence-electron chi connectivity index (χ0n) is 43.0. The predicted octanol–water partition coefficient (Wildman–Crippen LogP) is 7.47. The number of hydrogen-bond donors (Lipinski definition) is 2. The van der Waals surface area contributed by atoms with Gasteiger partial charge in [0, 0.05) is 64.4 Å². The molecular weight excluding hydrogens is 871 g/mol. The molecule has 0 aromatic heterocycles. The summed E-state index contributed by atoms with van der Waals surface area (Å²) in [6.07, 6.45) is 14.8. The molecule has 0 unspecified atom stereocenters. The van der Waals surface area contributed by atoms with Crippen molar-refractivity contribution in [3.05, 3.63) is 47.6 Å². The molecule has 2 saturated heterocycles. The summed E-state index contributed by atoms with van der Waals surface area (Å²) in [6, 6.07) is -1.11. The zero-order valence-corrected chi connectivity index (χ0v) is 43.0. The van der Waals surface area contributed by atoms with Crippen LogP contribution in [0.2, 0.25) is 0 Å². The Kier molecular flexibility index (Phi) is 23.0. The normalized spacial score (nSPS) is 39.2. The molecule has 0 spiro atoms. The highest BCUT2D eigenvalue weighted by Gasteiger charge is 2.53. The Morgan fingerprint density at radius 3 is 2.25 bits per heavy atom. The quantitative estimate of drug-likeness (QED) is 0.132. The van der Waals surface area contributed by atoms with E-state index in [9.17, 15) is 34.2 Å². The third kappa shape index (κ3) is 15.3. The summed E-state index contributed by atoms with van der Waals surface area (Å²) in [4.78, 5) is 72.5. The van der Waals surface area contributed by atoms with Crippen LogP contribution in [-0.2, 0) is 52.4 Å². The molecule has 2 bridgehead atoms. The van der Waals surface area contributed by atoms with Crippen LogP contribution in [0.1, 0.15) is 132 Å². The smallest absolute Gasteiger partial charge is 0.329 e. The van der Waals surface area contributed by atoms with Crippen LogP contribution in [0.15, 0.2) is 47.6 Å². The number of carbonyl (C=O) groups is 5. The summed E-state index contributed by atoms with van der Waals surface area (Å²) >= 11 is 0. The van der Waals surface area contributed by atoms with Gasteiger partial charge >= 0.3 is 5.97 Å². The zero-order chi connectivity index (χ0) is 50.3. The van der Waals surface area contributed by atoms with Gasteiger partial charge in [0.1, 0.15) is 24.0 Å². The van der Waals surface area contributed by atoms with Crippen LogP contribution < -0.4 is 0 Å². The van der Waals surface area contributed by atoms with E-state index in [1.54, 1.807) is 28.1 Å². The van der Waals surface area contributed by atoms with E-state index in [4.69, 9.17) is 28.4 Å². The molecule has 0 aromatic rings. The molecule has 1 amide bonds. The molecule has 15 atom stereocenters. The summed E-state index contributed by atoms with van der Waals surface area (Å²) < 4.78 is 35.9. The number of esters is 1. The van der Waals surface area contributed by atoms with Gasteiger partial charge in [0.15, 0.2) is 5.78 Å². The van der Waals surface area contributed by atoms with E-state index >= 15 is 0 Å². The molecule has 2 N–H and O–H groups in total. The number of ketones is 3. The van der Waals surface area contributed by atoms with Gasteiger partial charge in [-0.2, -0.15) is 0 Å². The number of ether oxygens (including phenoxy) is 6. The number of allylic oxidation sites excluding steroid dienone is 6. The minimum atomic E-state index is -2.42. The Balaban J connectivity index is 1.70. The fourth-order valence-corrected chi connectivity index (χ4v) is 10.7. The first-order valence-corrected chi connectivity index (χ1v) is 25.3. The van der Waals surface area contributed by atoms with Crippen LogP contribution in [-0.4, -0.2) is 134 Å². The van der Waals surface area contributed by atoms with Crippen molar-refractivity contribution in [2.45, 2.75) is 181 Å². The number of aliphatic hydroxyl groups is 2. The SMILES string of the molecule is CO[C@H]1C[C@@H]2CC[C@@H](C)[C@@](O)(O2)C(=O)C(=O)N2CCCC[C@H]2C(=O)O[C@H]([C@H](C)C[C@@H]2CC[C@@H](OCCO)[C@H](OC)C2)CC(=O)[C@H](C)/C=C(\C)[C@@H](C)[C@@H](OC)C(=O)[C@H](C)C[C@H](C)/C=C/C=C/C=C/1C. The lowest BCUT2D eigenvalue weighted by molar-refractivity contribution is -0.265. The van der Waals surface area contributed by atoms with Crippen molar-refractivity contribution in [3.63, 3.8) is 0 Å². The first-order chi connectivity index (χ1) is 32.3. The second kappa shape index (κ2) is 27.3. The molecule has 3 heterocycles. The van der Waals surface area contributed by atoms with Gasteiger partial charge in [-0.25, -0.2) is 4.79 Å². The predicted molar refractivity (Wildman–Crippen MR) is 259 cm³/mol. The number of cyclic esters (lactones) is 1. The number of carbonyl (C=O) groups excluding carboxylic acids is 5. The number of piperidine rings is 1. The van der Waals surface area contributed by atoms with E-state index in [2.05, 4.69) is 13.0 Å². The molecule has 14 heteroatoms. The topological polar surface area (TPSA) is 184 Å². The molecule has 3 fully saturated rings. The van der Waals surface area contributed by atoms with Crippen LogP contribution in [0, 0.1) is 41.4 Å². The van der Waals surface area contributed by atoms with Crippen LogP contribution in [0.4, 0.5) is 0 Å². The summed E-state index contributed by atoms with van der Waals surface area (Å²) in [6.45, 7) is 15.5. The molecule has 384 valence electrons. The lowest BCUT2D eigenvalue weighted by atomic mass is 9.78. The first-order valence-electron chi connectivity index (χ1n) is 25.3. The molecule has 0 radical (unpaired) electrons. The number of methoxy groups -OCH3 is 3. The Morgan fingerprint density at radius 2 is 1.57 bits per heavy atom. The van der Waals surface area contributed by atoms with Gasteiger partial charge in [-0.15, -0.1) is 0 Å². The average Bonchev–Trinajstić information content (AvgIpc) is 3.32. The largest absolute Gasteiger partial charge is 0.460 e. The fraction of sp³-hybridized carbons (Fsp3) is 0.759. The monoisotopic (exact) mass is 956 g/mol. The summed E-state index contributed by atoms with van der Waals surface area (Å²) in [5.74, 6) is -7.32. The Hall–Kier alpha value is -3.37.